The Morgan fingerprint density at radius 3 is 2.25 bits per heavy atom. The first kappa shape index (κ1) is 25.9. The van der Waals surface area contributed by atoms with E-state index >= 15 is 0 Å². The number of aromatic nitrogens is 4. The molecule has 3 aromatic heterocycles. The molecular weight excluding hydrogens is 514 g/mol. The van der Waals surface area contributed by atoms with Gasteiger partial charge in [-0.15, -0.1) is 5.10 Å². The molecule has 0 bridgehead atoms. The fraction of sp³-hybridized carbons (Fsp3) is 0.429. The molecule has 0 radical (unpaired) electrons. The first-order chi connectivity index (χ1) is 19.7. The Kier molecular flexibility index (Phi) is 7.41. The Morgan fingerprint density at radius 1 is 0.825 bits per heavy atom. The highest BCUT2D eigenvalue weighted by atomic mass is 16.6. The molecule has 2 N–H and O–H groups in total. The van der Waals surface area contributed by atoms with Crippen LogP contribution >= 0.6 is 0 Å². The number of ether oxygens (including phenoxy) is 3. The van der Waals surface area contributed by atoms with E-state index < -0.39 is 0 Å². The van der Waals surface area contributed by atoms with Crippen molar-refractivity contribution in [3.8, 4) is 17.4 Å². The molecule has 1 unspecified atom stereocenters. The second-order valence-electron chi connectivity index (χ2n) is 9.98. The summed E-state index contributed by atoms with van der Waals surface area (Å²) in [6.07, 6.45) is 14.1. The van der Waals surface area contributed by atoms with Gasteiger partial charge in [-0.2, -0.15) is 5.10 Å². The predicted molar refractivity (Wildman–Crippen MR) is 145 cm³/mol. The summed E-state index contributed by atoms with van der Waals surface area (Å²) < 4.78 is 16.1. The fourth-order valence-corrected chi connectivity index (χ4v) is 4.99. The minimum absolute atomic E-state index is 0.0635. The van der Waals surface area contributed by atoms with E-state index in [-0.39, 0.29) is 6.04 Å². The van der Waals surface area contributed by atoms with Crippen molar-refractivity contribution in [2.45, 2.75) is 43.6 Å². The van der Waals surface area contributed by atoms with Crippen LogP contribution in [-0.4, -0.2) is 65.6 Å². The summed E-state index contributed by atoms with van der Waals surface area (Å²) in [6.45, 7) is 1.51. The molecule has 0 saturated heterocycles. The standard InChI is InChI=1S/C11H12N2O2.C10H12N2O.C7H7N3O2/c1-14-13-9-6-15-10-5-12-4-8(11(9)10)7-2-3-7;11-8-5-13-9-4-12-3-7(10(8)9)6-1-2-6;1-11-10-6-4-12-7-5(6)2-3-8-9-7/h4-5,7H,2-3,6H2,1H3;3-4,6,8H,1-2,5,11H2;2-3H,4H2,1H3. The summed E-state index contributed by atoms with van der Waals surface area (Å²) in [7, 11) is 3.06. The van der Waals surface area contributed by atoms with Gasteiger partial charge in [-0.3, -0.25) is 9.97 Å². The molecule has 208 valence electrons. The van der Waals surface area contributed by atoms with Gasteiger partial charge in [-0.05, 0) is 54.7 Å². The van der Waals surface area contributed by atoms with Crippen molar-refractivity contribution >= 4 is 11.4 Å². The molecule has 0 spiro atoms. The second kappa shape index (κ2) is 11.4. The minimum Gasteiger partial charge on any atom is -0.490 e. The van der Waals surface area contributed by atoms with Crippen molar-refractivity contribution in [2.24, 2.45) is 16.0 Å². The minimum atomic E-state index is 0.0635. The lowest BCUT2D eigenvalue weighted by Crippen LogP contribution is -2.12. The van der Waals surface area contributed by atoms with Gasteiger partial charge in [-0.25, -0.2) is 0 Å². The van der Waals surface area contributed by atoms with Crippen molar-refractivity contribution < 1.29 is 23.9 Å². The third kappa shape index (κ3) is 5.39. The number of hydrogen-bond acceptors (Lipinski definition) is 12. The van der Waals surface area contributed by atoms with Crippen molar-refractivity contribution in [1.29, 1.82) is 0 Å². The number of hydrogen-bond donors (Lipinski definition) is 1. The summed E-state index contributed by atoms with van der Waals surface area (Å²) in [6, 6.07) is 1.86. The summed E-state index contributed by atoms with van der Waals surface area (Å²) in [4.78, 5) is 17.8. The van der Waals surface area contributed by atoms with Gasteiger partial charge in [0.05, 0.1) is 35.8 Å². The van der Waals surface area contributed by atoms with E-state index in [9.17, 15) is 0 Å². The van der Waals surface area contributed by atoms with E-state index in [1.54, 1.807) is 31.8 Å². The Labute approximate surface area is 231 Å². The van der Waals surface area contributed by atoms with Crippen LogP contribution in [0.3, 0.4) is 0 Å². The number of rotatable bonds is 4. The normalized spacial score (nSPS) is 21.4. The molecule has 3 aliphatic heterocycles. The van der Waals surface area contributed by atoms with Crippen LogP contribution in [0.25, 0.3) is 0 Å². The van der Waals surface area contributed by atoms with Gasteiger partial charge >= 0.3 is 0 Å². The van der Waals surface area contributed by atoms with Crippen LogP contribution in [-0.2, 0) is 9.68 Å². The molecule has 0 aromatic carbocycles. The van der Waals surface area contributed by atoms with E-state index in [1.165, 1.54) is 49.5 Å². The largest absolute Gasteiger partial charge is 0.490 e. The lowest BCUT2D eigenvalue weighted by molar-refractivity contribution is 0.211. The zero-order valence-electron chi connectivity index (χ0n) is 22.4. The molecule has 6 heterocycles. The molecule has 2 aliphatic carbocycles. The van der Waals surface area contributed by atoms with E-state index in [0.29, 0.717) is 37.5 Å². The van der Waals surface area contributed by atoms with Crippen LogP contribution in [0.5, 0.6) is 17.4 Å². The number of nitrogens with zero attached hydrogens (tertiary/aromatic N) is 6. The van der Waals surface area contributed by atoms with Gasteiger partial charge in [0.1, 0.15) is 57.0 Å². The van der Waals surface area contributed by atoms with Crippen LogP contribution in [0.2, 0.25) is 0 Å². The second-order valence-corrected chi connectivity index (χ2v) is 9.98. The highest BCUT2D eigenvalue weighted by Gasteiger charge is 2.33. The maximum atomic E-state index is 5.96. The summed E-state index contributed by atoms with van der Waals surface area (Å²) >= 11 is 0. The van der Waals surface area contributed by atoms with Gasteiger partial charge in [0.2, 0.25) is 5.88 Å². The Hall–Kier alpha value is -4.32. The van der Waals surface area contributed by atoms with Gasteiger partial charge in [0.15, 0.2) is 0 Å². The van der Waals surface area contributed by atoms with Crippen molar-refractivity contribution in [1.82, 2.24) is 20.2 Å². The van der Waals surface area contributed by atoms with Crippen LogP contribution in [0.4, 0.5) is 0 Å². The monoisotopic (exact) mass is 545 g/mol. The molecule has 12 heteroatoms. The Morgan fingerprint density at radius 2 is 1.50 bits per heavy atom. The first-order valence-electron chi connectivity index (χ1n) is 13.3. The van der Waals surface area contributed by atoms with E-state index in [2.05, 4.69) is 35.3 Å². The maximum Gasteiger partial charge on any atom is 0.243 e. The highest BCUT2D eigenvalue weighted by molar-refractivity contribution is 6.07. The fourth-order valence-electron chi connectivity index (χ4n) is 4.99. The molecule has 2 fully saturated rings. The third-order valence-electron chi connectivity index (χ3n) is 7.15. The number of pyridine rings is 2. The molecule has 2 saturated carbocycles. The molecule has 1 atom stereocenters. The van der Waals surface area contributed by atoms with Gasteiger partial charge < -0.3 is 29.6 Å². The van der Waals surface area contributed by atoms with Crippen LogP contribution < -0.4 is 19.9 Å². The maximum absolute atomic E-state index is 5.96. The Balaban J connectivity index is 0.000000109. The van der Waals surface area contributed by atoms with Crippen LogP contribution in [0, 0.1) is 0 Å². The average molecular weight is 546 g/mol. The average Bonchev–Trinajstić information content (AvgIpc) is 3.91. The quantitative estimate of drug-likeness (QED) is 0.484. The van der Waals surface area contributed by atoms with Gasteiger partial charge in [-0.1, -0.05) is 10.3 Å². The van der Waals surface area contributed by atoms with E-state index in [1.807, 2.05) is 12.4 Å². The van der Waals surface area contributed by atoms with Crippen molar-refractivity contribution in [3.63, 3.8) is 0 Å². The predicted octanol–water partition coefficient (Wildman–Crippen LogP) is 3.27. The summed E-state index contributed by atoms with van der Waals surface area (Å²) in [5, 5.41) is 15.3. The number of oxime groups is 2. The topological polar surface area (TPSA) is 148 Å². The molecule has 5 aliphatic rings. The molecule has 12 nitrogen and oxygen atoms in total. The molecule has 40 heavy (non-hydrogen) atoms. The molecule has 3 aromatic rings. The highest BCUT2D eigenvalue weighted by Crippen LogP contribution is 2.46. The van der Waals surface area contributed by atoms with Gasteiger partial charge in [0.25, 0.3) is 0 Å². The molecular formula is C28H31N7O5. The van der Waals surface area contributed by atoms with E-state index in [0.717, 1.165) is 34.0 Å². The van der Waals surface area contributed by atoms with Crippen LogP contribution in [0.1, 0.15) is 71.4 Å². The van der Waals surface area contributed by atoms with Crippen molar-refractivity contribution in [2.75, 3.05) is 34.0 Å². The zero-order chi connectivity index (χ0) is 27.5. The third-order valence-corrected chi connectivity index (χ3v) is 7.15. The van der Waals surface area contributed by atoms with Crippen LogP contribution in [0.15, 0.2) is 47.4 Å². The summed E-state index contributed by atoms with van der Waals surface area (Å²) in [5.74, 6) is 3.62. The van der Waals surface area contributed by atoms with Crippen molar-refractivity contribution in [3.05, 3.63) is 64.9 Å². The van der Waals surface area contributed by atoms with Gasteiger partial charge in [0, 0.05) is 18.0 Å². The number of fused-ring (bicyclic) bond motifs is 3. The summed E-state index contributed by atoms with van der Waals surface area (Å²) in [5.41, 5.74) is 13.3. The smallest absolute Gasteiger partial charge is 0.243 e. The lowest BCUT2D eigenvalue weighted by atomic mass is 10.0. The first-order valence-corrected chi connectivity index (χ1v) is 13.3. The Bertz CT molecular complexity index is 1440. The molecule has 0 amide bonds. The molecule has 8 rings (SSSR count). The lowest BCUT2D eigenvalue weighted by Gasteiger charge is -2.06. The zero-order valence-corrected chi connectivity index (χ0v) is 22.4. The van der Waals surface area contributed by atoms with E-state index in [4.69, 9.17) is 24.8 Å². The SMILES string of the molecule is CON=C1COc2cncc(C3CC3)c21.CON=C1COc2nnccc21.NC1COc2cncc(C3CC3)c21. The number of nitrogens with two attached hydrogens (primary N) is 1.